The Balaban J connectivity index is 2.02. The summed E-state index contributed by atoms with van der Waals surface area (Å²) >= 11 is 0. The first-order valence-corrected chi connectivity index (χ1v) is 8.35. The van der Waals surface area contributed by atoms with Gasteiger partial charge in [0.1, 0.15) is 17.5 Å². The summed E-state index contributed by atoms with van der Waals surface area (Å²) in [6, 6.07) is 5.13. The number of benzene rings is 1. The van der Waals surface area contributed by atoms with Gasteiger partial charge in [0.25, 0.3) is 5.91 Å². The molecule has 1 fully saturated rings. The first kappa shape index (κ1) is 19.3. The Kier molecular flexibility index (Phi) is 6.13. The Bertz CT molecular complexity index is 635. The van der Waals surface area contributed by atoms with Crippen LogP contribution in [0.5, 0.6) is 0 Å². The number of carbonyl (C=O) groups excluding carboxylic acids is 2. The minimum atomic E-state index is -1.26. The number of aliphatic hydroxyl groups is 1. The van der Waals surface area contributed by atoms with Crippen molar-refractivity contribution in [1.82, 2.24) is 10.6 Å². The topological polar surface area (TPSA) is 87.7 Å². The molecule has 7 heteroatoms. The third-order valence-corrected chi connectivity index (χ3v) is 4.53. The zero-order valence-corrected chi connectivity index (χ0v) is 14.7. The zero-order valence-electron chi connectivity index (χ0n) is 14.7. The van der Waals surface area contributed by atoms with Crippen LogP contribution in [-0.2, 0) is 9.53 Å². The number of carbonyl (C=O) groups is 2. The van der Waals surface area contributed by atoms with Gasteiger partial charge in [-0.1, -0.05) is 12.1 Å². The van der Waals surface area contributed by atoms with E-state index in [1.807, 2.05) is 0 Å². The first-order valence-electron chi connectivity index (χ1n) is 8.35. The highest BCUT2D eigenvalue weighted by Crippen LogP contribution is 2.22. The second-order valence-corrected chi connectivity index (χ2v) is 6.83. The summed E-state index contributed by atoms with van der Waals surface area (Å²) in [7, 11) is 1.52. The van der Waals surface area contributed by atoms with Crippen molar-refractivity contribution in [2.45, 2.75) is 56.9 Å². The van der Waals surface area contributed by atoms with Gasteiger partial charge >= 0.3 is 0 Å². The van der Waals surface area contributed by atoms with Crippen molar-refractivity contribution < 1.29 is 23.8 Å². The lowest BCUT2D eigenvalue weighted by Crippen LogP contribution is -2.60. The van der Waals surface area contributed by atoms with Crippen LogP contribution in [0.2, 0.25) is 0 Å². The van der Waals surface area contributed by atoms with E-state index in [0.717, 1.165) is 12.8 Å². The molecule has 3 atom stereocenters. The van der Waals surface area contributed by atoms with Crippen LogP contribution in [-0.4, -0.2) is 47.8 Å². The molecule has 0 bridgehead atoms. The molecular formula is C18H25FN2O4. The van der Waals surface area contributed by atoms with Crippen LogP contribution in [0.3, 0.4) is 0 Å². The number of amides is 2. The minimum Gasteiger partial charge on any atom is -0.388 e. The lowest BCUT2D eigenvalue weighted by Gasteiger charge is -2.36. The lowest BCUT2D eigenvalue weighted by atomic mass is 9.89. The average Bonchev–Trinajstić information content (AvgIpc) is 2.56. The Labute approximate surface area is 146 Å². The van der Waals surface area contributed by atoms with Gasteiger partial charge in [-0.05, 0) is 45.2 Å². The Morgan fingerprint density at radius 3 is 2.60 bits per heavy atom. The molecule has 138 valence electrons. The van der Waals surface area contributed by atoms with Crippen molar-refractivity contribution in [1.29, 1.82) is 0 Å². The van der Waals surface area contributed by atoms with E-state index in [1.54, 1.807) is 6.07 Å². The molecule has 2 amide bonds. The van der Waals surface area contributed by atoms with Gasteiger partial charge < -0.3 is 20.5 Å². The molecule has 3 N–H and O–H groups in total. The number of hydrogen-bond donors (Lipinski definition) is 3. The summed E-state index contributed by atoms with van der Waals surface area (Å²) in [5, 5.41) is 15.6. The number of hydrogen-bond acceptors (Lipinski definition) is 4. The number of nitrogens with one attached hydrogen (secondary N) is 2. The normalized spacial score (nSPS) is 23.8. The molecule has 0 spiro atoms. The highest BCUT2D eigenvalue weighted by atomic mass is 19.1. The first-order chi connectivity index (χ1) is 11.8. The summed E-state index contributed by atoms with van der Waals surface area (Å²) in [5.74, 6) is -1.77. The molecule has 0 aromatic heterocycles. The predicted octanol–water partition coefficient (Wildman–Crippen LogP) is 1.38. The van der Waals surface area contributed by atoms with Crippen LogP contribution in [0.15, 0.2) is 24.3 Å². The second-order valence-electron chi connectivity index (χ2n) is 6.83. The van der Waals surface area contributed by atoms with Crippen molar-refractivity contribution >= 4 is 11.8 Å². The molecule has 0 unspecified atom stereocenters. The largest absolute Gasteiger partial charge is 0.388 e. The molecular weight excluding hydrogens is 327 g/mol. The standard InChI is InChI=1S/C18H25FN2O4/c1-18(2,21-16(23)11-7-4-5-8-12(11)19)17(24)20-13-9-6-10-14(25-3)15(13)22/h4-5,7-8,13-15,22H,6,9-10H2,1-3H3,(H,20,24)(H,21,23)/t13-,14-,15-/m1/s1. The fourth-order valence-corrected chi connectivity index (χ4v) is 2.96. The third kappa shape index (κ3) is 4.55. The monoisotopic (exact) mass is 352 g/mol. The number of rotatable bonds is 5. The maximum Gasteiger partial charge on any atom is 0.255 e. The maximum atomic E-state index is 13.7. The number of methoxy groups -OCH3 is 1. The average molecular weight is 352 g/mol. The Hall–Kier alpha value is -1.99. The van der Waals surface area contributed by atoms with Gasteiger partial charge in [0.15, 0.2) is 0 Å². The van der Waals surface area contributed by atoms with Gasteiger partial charge in [-0.25, -0.2) is 4.39 Å². The minimum absolute atomic E-state index is 0.125. The van der Waals surface area contributed by atoms with Gasteiger partial charge in [0, 0.05) is 7.11 Å². The Morgan fingerprint density at radius 2 is 1.96 bits per heavy atom. The Morgan fingerprint density at radius 1 is 1.28 bits per heavy atom. The van der Waals surface area contributed by atoms with E-state index in [9.17, 15) is 19.1 Å². The van der Waals surface area contributed by atoms with Crippen molar-refractivity contribution in [3.63, 3.8) is 0 Å². The summed E-state index contributed by atoms with van der Waals surface area (Å²) in [5.41, 5.74) is -1.39. The molecule has 0 heterocycles. The van der Waals surface area contributed by atoms with Crippen molar-refractivity contribution in [2.75, 3.05) is 7.11 Å². The number of halogens is 1. The molecule has 1 aliphatic carbocycles. The summed E-state index contributed by atoms with van der Waals surface area (Å²) in [6.07, 6.45) is 1.06. The zero-order chi connectivity index (χ0) is 18.6. The van der Waals surface area contributed by atoms with Gasteiger partial charge in [-0.15, -0.1) is 0 Å². The highest BCUT2D eigenvalue weighted by Gasteiger charge is 2.37. The van der Waals surface area contributed by atoms with Gasteiger partial charge in [-0.2, -0.15) is 0 Å². The molecule has 0 radical (unpaired) electrons. The van der Waals surface area contributed by atoms with E-state index in [1.165, 1.54) is 39.2 Å². The van der Waals surface area contributed by atoms with Gasteiger partial charge in [0.05, 0.1) is 17.7 Å². The molecule has 1 aromatic rings. The molecule has 1 aliphatic rings. The molecule has 0 aliphatic heterocycles. The summed E-state index contributed by atoms with van der Waals surface area (Å²) < 4.78 is 18.9. The fourth-order valence-electron chi connectivity index (χ4n) is 2.96. The lowest BCUT2D eigenvalue weighted by molar-refractivity contribution is -0.129. The SMILES string of the molecule is CO[C@@H]1CCC[C@@H](NC(=O)C(C)(C)NC(=O)c2ccccc2F)[C@H]1O. The van der Waals surface area contributed by atoms with Crippen LogP contribution in [0.1, 0.15) is 43.5 Å². The molecule has 1 aromatic carbocycles. The maximum absolute atomic E-state index is 13.7. The van der Waals surface area contributed by atoms with E-state index < -0.39 is 35.3 Å². The van der Waals surface area contributed by atoms with Gasteiger partial charge in [-0.3, -0.25) is 9.59 Å². The number of aliphatic hydroxyl groups excluding tert-OH is 1. The van der Waals surface area contributed by atoms with E-state index in [-0.39, 0.29) is 11.7 Å². The molecule has 2 rings (SSSR count). The predicted molar refractivity (Wildman–Crippen MR) is 90.5 cm³/mol. The van der Waals surface area contributed by atoms with Crippen LogP contribution in [0.4, 0.5) is 4.39 Å². The quantitative estimate of drug-likeness (QED) is 0.747. The molecule has 6 nitrogen and oxygen atoms in total. The summed E-state index contributed by atoms with van der Waals surface area (Å²) in [6.45, 7) is 3.06. The smallest absolute Gasteiger partial charge is 0.255 e. The van der Waals surface area contributed by atoms with E-state index in [4.69, 9.17) is 4.74 Å². The van der Waals surface area contributed by atoms with Gasteiger partial charge in [0.2, 0.25) is 5.91 Å². The van der Waals surface area contributed by atoms with Crippen LogP contribution < -0.4 is 10.6 Å². The van der Waals surface area contributed by atoms with E-state index in [2.05, 4.69) is 10.6 Å². The third-order valence-electron chi connectivity index (χ3n) is 4.53. The van der Waals surface area contributed by atoms with Crippen LogP contribution >= 0.6 is 0 Å². The molecule has 0 saturated heterocycles. The fraction of sp³-hybridized carbons (Fsp3) is 0.556. The second kappa shape index (κ2) is 7.93. The van der Waals surface area contributed by atoms with Crippen molar-refractivity contribution in [2.24, 2.45) is 0 Å². The van der Waals surface area contributed by atoms with Crippen LogP contribution in [0, 0.1) is 5.82 Å². The highest BCUT2D eigenvalue weighted by molar-refractivity contribution is 5.99. The van der Waals surface area contributed by atoms with E-state index in [0.29, 0.717) is 6.42 Å². The molecule has 25 heavy (non-hydrogen) atoms. The van der Waals surface area contributed by atoms with Crippen molar-refractivity contribution in [3.8, 4) is 0 Å². The molecule has 1 saturated carbocycles. The number of ether oxygens (including phenoxy) is 1. The van der Waals surface area contributed by atoms with Crippen molar-refractivity contribution in [3.05, 3.63) is 35.6 Å². The van der Waals surface area contributed by atoms with Crippen LogP contribution in [0.25, 0.3) is 0 Å². The summed E-state index contributed by atoms with van der Waals surface area (Å²) in [4.78, 5) is 24.8. The van der Waals surface area contributed by atoms with E-state index >= 15 is 0 Å².